The Kier molecular flexibility index (Phi) is 6.97. The van der Waals surface area contributed by atoms with Gasteiger partial charge >= 0.3 is 0 Å². The molecule has 160 valence electrons. The van der Waals surface area contributed by atoms with Crippen LogP contribution in [0.4, 0.5) is 10.1 Å². The molecule has 0 spiro atoms. The molecular weight excluding hydrogens is 367 g/mol. The van der Waals surface area contributed by atoms with Crippen LogP contribution in [0.2, 0.25) is 0 Å². The maximum atomic E-state index is 13.6. The Morgan fingerprint density at radius 2 is 1.97 bits per heavy atom. The fourth-order valence-corrected chi connectivity index (χ4v) is 5.17. The molecule has 3 rings (SSSR count). The molecule has 2 fully saturated rings. The third kappa shape index (κ3) is 5.37. The molecule has 4 nitrogen and oxygen atoms in total. The van der Waals surface area contributed by atoms with Crippen molar-refractivity contribution in [3.8, 4) is 0 Å². The van der Waals surface area contributed by atoms with Crippen LogP contribution in [0.15, 0.2) is 18.2 Å². The Balaban J connectivity index is 1.65. The van der Waals surface area contributed by atoms with Gasteiger partial charge in [-0.2, -0.15) is 0 Å². The van der Waals surface area contributed by atoms with Crippen molar-refractivity contribution in [3.63, 3.8) is 0 Å². The van der Waals surface area contributed by atoms with E-state index < -0.39 is 0 Å². The van der Waals surface area contributed by atoms with E-state index in [1.807, 2.05) is 17.0 Å². The van der Waals surface area contributed by atoms with E-state index in [0.29, 0.717) is 31.0 Å². The summed E-state index contributed by atoms with van der Waals surface area (Å²) in [4.78, 5) is 29.3. The topological polar surface area (TPSA) is 40.6 Å². The zero-order chi connectivity index (χ0) is 21.1. The van der Waals surface area contributed by atoms with Crippen LogP contribution in [0.3, 0.4) is 0 Å². The lowest BCUT2D eigenvalue weighted by molar-refractivity contribution is -0.139. The number of carbonyl (C=O) groups is 2. The van der Waals surface area contributed by atoms with Crippen molar-refractivity contribution in [1.29, 1.82) is 0 Å². The van der Waals surface area contributed by atoms with Crippen LogP contribution in [0.25, 0.3) is 0 Å². The van der Waals surface area contributed by atoms with Gasteiger partial charge in [0, 0.05) is 43.7 Å². The van der Waals surface area contributed by atoms with Crippen molar-refractivity contribution < 1.29 is 14.0 Å². The first-order valence-electron chi connectivity index (χ1n) is 11.1. The molecule has 1 heterocycles. The van der Waals surface area contributed by atoms with Crippen LogP contribution in [-0.2, 0) is 9.59 Å². The van der Waals surface area contributed by atoms with Crippen molar-refractivity contribution in [1.82, 2.24) is 4.90 Å². The number of Topliss-reactive ketones (excluding diaryl/α,β-unsaturated/α-hetero) is 1. The van der Waals surface area contributed by atoms with Crippen LogP contribution in [0.1, 0.15) is 58.4 Å². The molecule has 5 heteroatoms. The first-order valence-corrected chi connectivity index (χ1v) is 11.1. The highest BCUT2D eigenvalue weighted by Crippen LogP contribution is 2.36. The standard InChI is InChI=1S/C24H35FN2O2/c1-16-5-6-20(11-16)14-21(13-19(4)28)24(29)26-9-10-27(18(3)15-26)22-7-8-23(25)17(2)12-22/h7-8,12,16,18,20-21H,5-6,9-11,13-15H2,1-4H3/t16?,18-,20?,21?/m0/s1. The molecule has 4 atom stereocenters. The largest absolute Gasteiger partial charge is 0.365 e. The lowest BCUT2D eigenvalue weighted by Gasteiger charge is -2.42. The van der Waals surface area contributed by atoms with Crippen molar-refractivity contribution in [2.45, 2.75) is 65.8 Å². The summed E-state index contributed by atoms with van der Waals surface area (Å²) in [5, 5.41) is 0. The predicted octanol–water partition coefficient (Wildman–Crippen LogP) is 4.59. The third-order valence-electron chi connectivity index (χ3n) is 6.72. The van der Waals surface area contributed by atoms with Gasteiger partial charge in [0.25, 0.3) is 0 Å². The number of aryl methyl sites for hydroxylation is 1. The van der Waals surface area contributed by atoms with Crippen molar-refractivity contribution in [3.05, 3.63) is 29.6 Å². The third-order valence-corrected chi connectivity index (χ3v) is 6.72. The van der Waals surface area contributed by atoms with Gasteiger partial charge in [-0.25, -0.2) is 4.39 Å². The summed E-state index contributed by atoms with van der Waals surface area (Å²) in [5.74, 6) is 1.16. The van der Waals surface area contributed by atoms with Crippen molar-refractivity contribution in [2.75, 3.05) is 24.5 Å². The number of hydrogen-bond acceptors (Lipinski definition) is 3. The molecule has 0 bridgehead atoms. The summed E-state index contributed by atoms with van der Waals surface area (Å²) < 4.78 is 13.6. The summed E-state index contributed by atoms with van der Waals surface area (Å²) in [6.45, 7) is 9.77. The zero-order valence-electron chi connectivity index (χ0n) is 18.3. The molecule has 0 aromatic heterocycles. The highest BCUT2D eigenvalue weighted by Gasteiger charge is 2.34. The number of rotatable bonds is 6. The van der Waals surface area contributed by atoms with E-state index in [-0.39, 0.29) is 29.5 Å². The van der Waals surface area contributed by atoms with Crippen LogP contribution in [0.5, 0.6) is 0 Å². The van der Waals surface area contributed by atoms with E-state index in [1.54, 1.807) is 13.8 Å². The second-order valence-corrected chi connectivity index (χ2v) is 9.38. The highest BCUT2D eigenvalue weighted by atomic mass is 19.1. The van der Waals surface area contributed by atoms with Gasteiger partial charge in [0.05, 0.1) is 0 Å². The van der Waals surface area contributed by atoms with Gasteiger partial charge in [0.15, 0.2) is 0 Å². The summed E-state index contributed by atoms with van der Waals surface area (Å²) >= 11 is 0. The van der Waals surface area contributed by atoms with E-state index in [1.165, 1.54) is 25.3 Å². The minimum atomic E-state index is -0.191. The van der Waals surface area contributed by atoms with Crippen LogP contribution >= 0.6 is 0 Å². The first-order chi connectivity index (χ1) is 13.7. The van der Waals surface area contributed by atoms with Crippen LogP contribution < -0.4 is 4.90 Å². The monoisotopic (exact) mass is 402 g/mol. The number of anilines is 1. The normalized spacial score (nSPS) is 25.9. The maximum Gasteiger partial charge on any atom is 0.226 e. The Hall–Kier alpha value is -1.91. The van der Waals surface area contributed by atoms with Gasteiger partial charge in [-0.15, -0.1) is 0 Å². The predicted molar refractivity (Wildman–Crippen MR) is 114 cm³/mol. The Morgan fingerprint density at radius 1 is 1.21 bits per heavy atom. The zero-order valence-corrected chi connectivity index (χ0v) is 18.3. The quantitative estimate of drug-likeness (QED) is 0.699. The molecule has 0 radical (unpaired) electrons. The number of nitrogens with zero attached hydrogens (tertiary/aromatic N) is 2. The van der Waals surface area contributed by atoms with E-state index in [2.05, 4.69) is 18.7 Å². The lowest BCUT2D eigenvalue weighted by Crippen LogP contribution is -2.55. The molecule has 1 aliphatic carbocycles. The van der Waals surface area contributed by atoms with E-state index >= 15 is 0 Å². The second-order valence-electron chi connectivity index (χ2n) is 9.38. The van der Waals surface area contributed by atoms with E-state index in [0.717, 1.165) is 24.6 Å². The molecule has 1 aromatic rings. The number of benzene rings is 1. The molecule has 1 aliphatic heterocycles. The average Bonchev–Trinajstić information content (AvgIpc) is 3.07. The Bertz CT molecular complexity index is 750. The van der Waals surface area contributed by atoms with Crippen LogP contribution in [0, 0.1) is 30.5 Å². The molecule has 29 heavy (non-hydrogen) atoms. The number of piperazine rings is 1. The van der Waals surface area contributed by atoms with Gasteiger partial charge in [-0.1, -0.05) is 19.8 Å². The number of amides is 1. The molecule has 1 amide bonds. The molecule has 0 N–H and O–H groups in total. The SMILES string of the molecule is CC(=O)CC(CC1CCC(C)C1)C(=O)N1CCN(c2ccc(F)c(C)c2)[C@@H](C)C1. The average molecular weight is 403 g/mol. The molecular formula is C24H35FN2O2. The smallest absolute Gasteiger partial charge is 0.226 e. The maximum absolute atomic E-state index is 13.6. The summed E-state index contributed by atoms with van der Waals surface area (Å²) in [5.41, 5.74) is 1.64. The van der Waals surface area contributed by atoms with Gasteiger partial charge < -0.3 is 14.6 Å². The molecule has 2 aliphatic rings. The van der Waals surface area contributed by atoms with Crippen molar-refractivity contribution >= 4 is 17.4 Å². The molecule has 1 saturated carbocycles. The van der Waals surface area contributed by atoms with Gasteiger partial charge in [0.2, 0.25) is 5.91 Å². The minimum absolute atomic E-state index is 0.0999. The minimum Gasteiger partial charge on any atom is -0.365 e. The molecule has 1 saturated heterocycles. The lowest BCUT2D eigenvalue weighted by atomic mass is 9.88. The fraction of sp³-hybridized carbons (Fsp3) is 0.667. The van der Waals surface area contributed by atoms with E-state index in [9.17, 15) is 14.0 Å². The number of hydrogen-bond donors (Lipinski definition) is 0. The van der Waals surface area contributed by atoms with Crippen LogP contribution in [-0.4, -0.2) is 42.3 Å². The summed E-state index contributed by atoms with van der Waals surface area (Å²) in [7, 11) is 0. The molecule has 3 unspecified atom stereocenters. The Morgan fingerprint density at radius 3 is 2.55 bits per heavy atom. The van der Waals surface area contributed by atoms with E-state index in [4.69, 9.17) is 0 Å². The summed E-state index contributed by atoms with van der Waals surface area (Å²) in [6, 6.07) is 5.36. The highest BCUT2D eigenvalue weighted by molar-refractivity contribution is 5.86. The number of carbonyl (C=O) groups excluding carboxylic acids is 2. The van der Waals surface area contributed by atoms with Crippen molar-refractivity contribution in [2.24, 2.45) is 17.8 Å². The first kappa shape index (κ1) is 21.8. The fourth-order valence-electron chi connectivity index (χ4n) is 5.17. The molecule has 1 aromatic carbocycles. The van der Waals surface area contributed by atoms with Gasteiger partial charge in [0.1, 0.15) is 11.6 Å². The Labute approximate surface area is 174 Å². The second kappa shape index (κ2) is 9.27. The summed E-state index contributed by atoms with van der Waals surface area (Å²) in [6.07, 6.45) is 4.79. The van der Waals surface area contributed by atoms with Gasteiger partial charge in [-0.05, 0) is 69.2 Å². The number of halogens is 1. The number of ketones is 1. The van der Waals surface area contributed by atoms with Gasteiger partial charge in [-0.3, -0.25) is 4.79 Å².